The van der Waals surface area contributed by atoms with Gasteiger partial charge < -0.3 is 14.8 Å². The van der Waals surface area contributed by atoms with Crippen LogP contribution in [0.3, 0.4) is 0 Å². The zero-order chi connectivity index (χ0) is 20.4. The number of amides is 1. The summed E-state index contributed by atoms with van der Waals surface area (Å²) >= 11 is 0. The minimum absolute atomic E-state index is 0.0127. The predicted molar refractivity (Wildman–Crippen MR) is 96.3 cm³/mol. The number of carbonyl (C=O) groups excluding carboxylic acids is 2. The molecule has 1 amide bonds. The Morgan fingerprint density at radius 1 is 1.39 bits per heavy atom. The van der Waals surface area contributed by atoms with E-state index in [1.54, 1.807) is 30.3 Å². The van der Waals surface area contributed by atoms with E-state index in [9.17, 15) is 14.7 Å². The summed E-state index contributed by atoms with van der Waals surface area (Å²) in [5.41, 5.74) is 2.07. The van der Waals surface area contributed by atoms with Crippen molar-refractivity contribution in [3.63, 3.8) is 0 Å². The molecule has 1 heterocycles. The number of carbonyl (C=O) groups is 2. The number of rotatable bonds is 7. The molecular weight excluding hydrogens is 366 g/mol. The van der Waals surface area contributed by atoms with Gasteiger partial charge in [-0.05, 0) is 12.5 Å². The lowest BCUT2D eigenvalue weighted by Crippen LogP contribution is -2.22. The first-order valence-corrected chi connectivity index (χ1v) is 7.90. The van der Waals surface area contributed by atoms with Gasteiger partial charge >= 0.3 is 5.97 Å². The molecule has 0 saturated carbocycles. The fourth-order valence-corrected chi connectivity index (χ4v) is 1.80. The molecule has 142 valence electrons. The van der Waals surface area contributed by atoms with Crippen molar-refractivity contribution >= 4 is 23.9 Å². The third-order valence-electron chi connectivity index (χ3n) is 3.06. The summed E-state index contributed by atoms with van der Waals surface area (Å²) in [5, 5.41) is 29.8. The van der Waals surface area contributed by atoms with Crippen LogP contribution in [0.1, 0.15) is 18.2 Å². The monoisotopic (exact) mass is 381 g/mol. The van der Waals surface area contributed by atoms with Gasteiger partial charge in [0.25, 0.3) is 5.91 Å². The van der Waals surface area contributed by atoms with Crippen LogP contribution in [0.2, 0.25) is 0 Å². The van der Waals surface area contributed by atoms with E-state index in [4.69, 9.17) is 5.26 Å². The largest absolute Gasteiger partial charge is 0.500 e. The molecule has 28 heavy (non-hydrogen) atoms. The zero-order valence-electron chi connectivity index (χ0n) is 14.7. The predicted octanol–water partition coefficient (Wildman–Crippen LogP) is 1.85. The van der Waals surface area contributed by atoms with Crippen molar-refractivity contribution < 1.29 is 19.4 Å². The number of aromatic nitrogens is 2. The molecule has 2 aromatic rings. The Morgan fingerprint density at radius 3 is 2.82 bits per heavy atom. The van der Waals surface area contributed by atoms with Crippen LogP contribution in [0.15, 0.2) is 63.4 Å². The Bertz CT molecular complexity index is 971. The second kappa shape index (κ2) is 9.97. The lowest BCUT2D eigenvalue weighted by molar-refractivity contribution is -0.142. The summed E-state index contributed by atoms with van der Waals surface area (Å²) in [6.45, 7) is 1.50. The number of ether oxygens (including phenoxy) is 1. The quantitative estimate of drug-likeness (QED) is 0.165. The number of nitrogens with one attached hydrogen (secondary N) is 2. The molecular formula is C17H15N7O4. The molecule has 3 N–H and O–H groups in total. The Labute approximate surface area is 159 Å². The average molecular weight is 381 g/mol. The molecule has 0 aliphatic heterocycles. The normalized spacial score (nSPS) is 11.9. The van der Waals surface area contributed by atoms with E-state index in [1.807, 2.05) is 6.07 Å². The van der Waals surface area contributed by atoms with Crippen molar-refractivity contribution in [1.29, 1.82) is 5.26 Å². The molecule has 0 bridgehead atoms. The molecule has 0 radical (unpaired) electrons. The standard InChI is InChI=1S/C17H15N7O4/c1-2-28-17(27)14(25)13(22-23-15-12(8-18)19-10-20-15)16(26)24-21-9-11-6-4-3-5-7-11/h3-7,9-10,25H,2H2,1H3,(H,19,20)(H,24,26). The Morgan fingerprint density at radius 2 is 2.14 bits per heavy atom. The molecule has 0 atom stereocenters. The second-order valence-corrected chi connectivity index (χ2v) is 4.94. The van der Waals surface area contributed by atoms with E-state index in [1.165, 1.54) is 19.5 Å². The van der Waals surface area contributed by atoms with Gasteiger partial charge in [-0.3, -0.25) is 4.79 Å². The van der Waals surface area contributed by atoms with Crippen LogP contribution in [0.4, 0.5) is 5.82 Å². The van der Waals surface area contributed by atoms with E-state index in [-0.39, 0.29) is 18.1 Å². The molecule has 0 saturated heterocycles. The highest BCUT2D eigenvalue weighted by Gasteiger charge is 2.22. The third-order valence-corrected chi connectivity index (χ3v) is 3.06. The van der Waals surface area contributed by atoms with Crippen molar-refractivity contribution in [3.05, 3.63) is 59.4 Å². The Kier molecular flexibility index (Phi) is 7.12. The molecule has 0 unspecified atom stereocenters. The van der Waals surface area contributed by atoms with Crippen LogP contribution in [-0.2, 0) is 14.3 Å². The molecule has 0 fully saturated rings. The number of H-pyrrole nitrogens is 1. The SMILES string of the molecule is CCOC(=O)C(O)=C(N=Nc1nc[nH]c1C#N)C(=O)NN=Cc1ccccc1. The summed E-state index contributed by atoms with van der Waals surface area (Å²) in [6.07, 6.45) is 2.56. The number of benzene rings is 1. The van der Waals surface area contributed by atoms with E-state index in [0.29, 0.717) is 5.56 Å². The minimum Gasteiger partial charge on any atom is -0.500 e. The number of aromatic amines is 1. The van der Waals surface area contributed by atoms with Crippen LogP contribution in [-0.4, -0.2) is 39.8 Å². The van der Waals surface area contributed by atoms with Crippen molar-refractivity contribution in [2.75, 3.05) is 6.61 Å². The molecule has 2 rings (SSSR count). The van der Waals surface area contributed by atoms with E-state index < -0.39 is 23.3 Å². The summed E-state index contributed by atoms with van der Waals surface area (Å²) in [4.78, 5) is 30.3. The lowest BCUT2D eigenvalue weighted by atomic mass is 10.2. The summed E-state index contributed by atoms with van der Waals surface area (Å²) in [6, 6.07) is 10.7. The maximum atomic E-state index is 12.3. The summed E-state index contributed by atoms with van der Waals surface area (Å²) in [7, 11) is 0. The van der Waals surface area contributed by atoms with Gasteiger partial charge in [0.1, 0.15) is 6.07 Å². The highest BCUT2D eigenvalue weighted by Crippen LogP contribution is 2.16. The number of azo groups is 1. The van der Waals surface area contributed by atoms with Crippen LogP contribution in [0, 0.1) is 11.3 Å². The van der Waals surface area contributed by atoms with E-state index >= 15 is 0 Å². The van der Waals surface area contributed by atoms with Crippen LogP contribution in [0.25, 0.3) is 0 Å². The molecule has 0 aliphatic rings. The summed E-state index contributed by atoms with van der Waals surface area (Å²) < 4.78 is 4.65. The van der Waals surface area contributed by atoms with Crippen molar-refractivity contribution in [2.24, 2.45) is 15.3 Å². The van der Waals surface area contributed by atoms with Gasteiger partial charge in [-0.15, -0.1) is 10.2 Å². The van der Waals surface area contributed by atoms with Gasteiger partial charge in [-0.25, -0.2) is 15.2 Å². The number of esters is 1. The highest BCUT2D eigenvalue weighted by molar-refractivity contribution is 6.01. The van der Waals surface area contributed by atoms with Gasteiger partial charge in [0.15, 0.2) is 5.69 Å². The molecule has 11 heteroatoms. The number of aliphatic hydroxyl groups excluding tert-OH is 1. The molecule has 0 aliphatic carbocycles. The smallest absolute Gasteiger partial charge is 0.376 e. The van der Waals surface area contributed by atoms with E-state index in [0.717, 1.165) is 0 Å². The van der Waals surface area contributed by atoms with Crippen molar-refractivity contribution in [2.45, 2.75) is 6.92 Å². The van der Waals surface area contributed by atoms with Crippen LogP contribution < -0.4 is 5.43 Å². The number of hydrogen-bond acceptors (Lipinski definition) is 9. The molecule has 0 spiro atoms. The summed E-state index contributed by atoms with van der Waals surface area (Å²) in [5.74, 6) is -3.37. The lowest BCUT2D eigenvalue weighted by Gasteiger charge is -2.04. The van der Waals surface area contributed by atoms with Gasteiger partial charge in [0, 0.05) is 0 Å². The highest BCUT2D eigenvalue weighted by atomic mass is 16.5. The second-order valence-electron chi connectivity index (χ2n) is 4.94. The number of nitriles is 1. The maximum absolute atomic E-state index is 12.3. The van der Waals surface area contributed by atoms with Crippen molar-refractivity contribution in [1.82, 2.24) is 15.4 Å². The van der Waals surface area contributed by atoms with Crippen LogP contribution in [0.5, 0.6) is 0 Å². The van der Waals surface area contributed by atoms with Gasteiger partial charge in [-0.1, -0.05) is 30.3 Å². The number of nitrogens with zero attached hydrogens (tertiary/aromatic N) is 5. The average Bonchev–Trinajstić information content (AvgIpc) is 3.16. The zero-order valence-corrected chi connectivity index (χ0v) is 14.7. The maximum Gasteiger partial charge on any atom is 0.376 e. The van der Waals surface area contributed by atoms with Crippen LogP contribution >= 0.6 is 0 Å². The Hall–Kier alpha value is -4.33. The van der Waals surface area contributed by atoms with Crippen molar-refractivity contribution in [3.8, 4) is 6.07 Å². The van der Waals surface area contributed by atoms with E-state index in [2.05, 4.69) is 35.5 Å². The fourth-order valence-electron chi connectivity index (χ4n) is 1.80. The fraction of sp³-hybridized carbons (Fsp3) is 0.118. The minimum atomic E-state index is -1.17. The Balaban J connectivity index is 2.26. The molecule has 1 aromatic carbocycles. The van der Waals surface area contributed by atoms with Gasteiger partial charge in [0.2, 0.25) is 17.3 Å². The third kappa shape index (κ3) is 5.33. The first-order chi connectivity index (χ1) is 13.6. The molecule has 11 nitrogen and oxygen atoms in total. The van der Waals surface area contributed by atoms with Gasteiger partial charge in [0.05, 0.1) is 19.1 Å². The van der Waals surface area contributed by atoms with Gasteiger partial charge in [-0.2, -0.15) is 10.4 Å². The first-order valence-electron chi connectivity index (χ1n) is 7.90. The number of imidazole rings is 1. The topological polar surface area (TPSA) is 165 Å². The molecule has 1 aromatic heterocycles. The number of hydrazone groups is 1. The number of hydrogen-bond donors (Lipinski definition) is 3. The first kappa shape index (κ1) is 20.0. The number of aliphatic hydroxyl groups is 1.